The lowest BCUT2D eigenvalue weighted by Crippen LogP contribution is -2.22. The van der Waals surface area contributed by atoms with Gasteiger partial charge in [0.25, 0.3) is 0 Å². The highest BCUT2D eigenvalue weighted by Crippen LogP contribution is 2.30. The molecular formula is C11H15NO2. The molecule has 0 heterocycles. The molecule has 0 bridgehead atoms. The van der Waals surface area contributed by atoms with Crippen LogP contribution in [0.15, 0.2) is 11.6 Å². The third-order valence-electron chi connectivity index (χ3n) is 2.76. The zero-order chi connectivity index (χ0) is 10.6. The highest BCUT2D eigenvalue weighted by Gasteiger charge is 2.28. The minimum atomic E-state index is -0.649. The Labute approximate surface area is 84.4 Å². The van der Waals surface area contributed by atoms with Crippen LogP contribution in [0.3, 0.4) is 0 Å². The normalized spacial score (nSPS) is 19.4. The molecule has 0 spiro atoms. The van der Waals surface area contributed by atoms with Crippen molar-refractivity contribution in [1.29, 1.82) is 5.26 Å². The molecule has 3 heteroatoms. The Hall–Kier alpha value is -1.30. The van der Waals surface area contributed by atoms with E-state index in [0.29, 0.717) is 0 Å². The number of esters is 1. The second-order valence-electron chi connectivity index (χ2n) is 3.59. The van der Waals surface area contributed by atoms with Gasteiger partial charge in [-0.05, 0) is 19.3 Å². The molecule has 0 aliphatic heterocycles. The van der Waals surface area contributed by atoms with Gasteiger partial charge < -0.3 is 4.74 Å². The summed E-state index contributed by atoms with van der Waals surface area (Å²) in [5, 5.41) is 8.88. The lowest BCUT2D eigenvalue weighted by molar-refractivity contribution is -0.144. The van der Waals surface area contributed by atoms with Gasteiger partial charge in [-0.3, -0.25) is 4.79 Å². The Morgan fingerprint density at radius 3 is 2.86 bits per heavy atom. The van der Waals surface area contributed by atoms with Gasteiger partial charge >= 0.3 is 5.97 Å². The van der Waals surface area contributed by atoms with E-state index in [-0.39, 0.29) is 5.92 Å². The number of rotatable bonds is 3. The predicted molar refractivity (Wildman–Crippen MR) is 52.2 cm³/mol. The first-order chi connectivity index (χ1) is 6.70. The van der Waals surface area contributed by atoms with E-state index in [4.69, 9.17) is 5.26 Å². The van der Waals surface area contributed by atoms with Crippen LogP contribution in [0.5, 0.6) is 0 Å². The fraction of sp³-hybridized carbons (Fsp3) is 0.636. The maximum Gasteiger partial charge on any atom is 0.323 e. The van der Waals surface area contributed by atoms with Crippen LogP contribution in [0.4, 0.5) is 0 Å². The summed E-state index contributed by atoms with van der Waals surface area (Å²) in [6.07, 6.45) is 5.35. The smallest absolute Gasteiger partial charge is 0.323 e. The van der Waals surface area contributed by atoms with Gasteiger partial charge in [-0.2, -0.15) is 5.26 Å². The van der Waals surface area contributed by atoms with Crippen molar-refractivity contribution in [2.45, 2.75) is 26.2 Å². The van der Waals surface area contributed by atoms with Gasteiger partial charge in [0.1, 0.15) is 5.92 Å². The third-order valence-corrected chi connectivity index (χ3v) is 2.76. The Bertz CT molecular complexity index is 288. The molecule has 76 valence electrons. The summed E-state index contributed by atoms with van der Waals surface area (Å²) in [4.78, 5) is 11.3. The second-order valence-corrected chi connectivity index (χ2v) is 3.59. The van der Waals surface area contributed by atoms with E-state index in [9.17, 15) is 4.79 Å². The number of carbonyl (C=O) groups is 1. The molecule has 1 aliphatic rings. The average Bonchev–Trinajstić information content (AvgIpc) is 2.71. The van der Waals surface area contributed by atoms with Crippen LogP contribution in [0.25, 0.3) is 0 Å². The van der Waals surface area contributed by atoms with Crippen LogP contribution in [0, 0.1) is 23.2 Å². The highest BCUT2D eigenvalue weighted by atomic mass is 16.5. The maximum atomic E-state index is 11.3. The minimum absolute atomic E-state index is 0.00468. The summed E-state index contributed by atoms with van der Waals surface area (Å²) in [5.74, 6) is -1.08. The monoisotopic (exact) mass is 193 g/mol. The number of nitrogens with zero attached hydrogens (tertiary/aromatic N) is 1. The van der Waals surface area contributed by atoms with E-state index in [1.165, 1.54) is 12.7 Å². The average molecular weight is 193 g/mol. The lowest BCUT2D eigenvalue weighted by Gasteiger charge is -2.16. The molecule has 0 radical (unpaired) electrons. The van der Waals surface area contributed by atoms with Crippen LogP contribution in [0.2, 0.25) is 0 Å². The molecule has 0 saturated heterocycles. The number of hydrogen-bond acceptors (Lipinski definition) is 3. The SMILES string of the molecule is COC(=O)C(C#N)C(C)C1=CCCC1. The Kier molecular flexibility index (Phi) is 3.70. The molecule has 1 rings (SSSR count). The Morgan fingerprint density at radius 1 is 1.71 bits per heavy atom. The number of hydrogen-bond donors (Lipinski definition) is 0. The molecule has 0 amide bonds. The summed E-state index contributed by atoms with van der Waals surface area (Å²) in [6, 6.07) is 2.01. The molecule has 0 aromatic heterocycles. The number of ether oxygens (including phenoxy) is 1. The van der Waals surface area contributed by atoms with Gasteiger partial charge in [-0.15, -0.1) is 0 Å². The van der Waals surface area contributed by atoms with Crippen molar-refractivity contribution >= 4 is 5.97 Å². The van der Waals surface area contributed by atoms with Crippen molar-refractivity contribution < 1.29 is 9.53 Å². The molecule has 0 N–H and O–H groups in total. The number of carbonyl (C=O) groups excluding carboxylic acids is 1. The van der Waals surface area contributed by atoms with Crippen LogP contribution < -0.4 is 0 Å². The van der Waals surface area contributed by atoms with Crippen LogP contribution >= 0.6 is 0 Å². The van der Waals surface area contributed by atoms with Crippen molar-refractivity contribution in [2.75, 3.05) is 7.11 Å². The molecule has 14 heavy (non-hydrogen) atoms. The quantitative estimate of drug-likeness (QED) is 0.509. The third kappa shape index (κ3) is 2.14. The van der Waals surface area contributed by atoms with Gasteiger partial charge in [0.15, 0.2) is 0 Å². The van der Waals surface area contributed by atoms with Gasteiger partial charge in [-0.1, -0.05) is 18.6 Å². The van der Waals surface area contributed by atoms with E-state index < -0.39 is 11.9 Å². The summed E-state index contributed by atoms with van der Waals surface area (Å²) in [5.41, 5.74) is 1.22. The van der Waals surface area contributed by atoms with Crippen LogP contribution in [0.1, 0.15) is 26.2 Å². The van der Waals surface area contributed by atoms with Gasteiger partial charge in [-0.25, -0.2) is 0 Å². The molecule has 0 aromatic rings. The van der Waals surface area contributed by atoms with E-state index in [0.717, 1.165) is 19.3 Å². The van der Waals surface area contributed by atoms with E-state index >= 15 is 0 Å². The van der Waals surface area contributed by atoms with Gasteiger partial charge in [0.2, 0.25) is 0 Å². The topological polar surface area (TPSA) is 50.1 Å². The fourth-order valence-electron chi connectivity index (χ4n) is 1.82. The summed E-state index contributed by atoms with van der Waals surface area (Å²) < 4.78 is 4.60. The summed E-state index contributed by atoms with van der Waals surface area (Å²) in [7, 11) is 1.32. The van der Waals surface area contributed by atoms with Crippen LogP contribution in [-0.2, 0) is 9.53 Å². The van der Waals surface area contributed by atoms with Gasteiger partial charge in [0, 0.05) is 5.92 Å². The number of methoxy groups -OCH3 is 1. The summed E-state index contributed by atoms with van der Waals surface area (Å²) >= 11 is 0. The molecule has 0 saturated carbocycles. The number of nitriles is 1. The molecule has 0 fully saturated rings. The van der Waals surface area contributed by atoms with E-state index in [2.05, 4.69) is 10.8 Å². The van der Waals surface area contributed by atoms with Crippen molar-refractivity contribution in [3.05, 3.63) is 11.6 Å². The molecular weight excluding hydrogens is 178 g/mol. The molecule has 2 atom stereocenters. The second kappa shape index (κ2) is 4.80. The van der Waals surface area contributed by atoms with E-state index in [1.54, 1.807) is 0 Å². The first-order valence-electron chi connectivity index (χ1n) is 4.87. The number of allylic oxidation sites excluding steroid dienone is 2. The molecule has 0 aromatic carbocycles. The highest BCUT2D eigenvalue weighted by molar-refractivity contribution is 5.75. The largest absolute Gasteiger partial charge is 0.468 e. The zero-order valence-corrected chi connectivity index (χ0v) is 8.62. The zero-order valence-electron chi connectivity index (χ0n) is 8.62. The van der Waals surface area contributed by atoms with Crippen LogP contribution in [-0.4, -0.2) is 13.1 Å². The van der Waals surface area contributed by atoms with Crippen molar-refractivity contribution in [3.8, 4) is 6.07 Å². The lowest BCUT2D eigenvalue weighted by atomic mass is 9.88. The predicted octanol–water partition coefficient (Wildman–Crippen LogP) is 2.05. The Balaban J connectivity index is 2.70. The summed E-state index contributed by atoms with van der Waals surface area (Å²) in [6.45, 7) is 1.92. The maximum absolute atomic E-state index is 11.3. The fourth-order valence-corrected chi connectivity index (χ4v) is 1.82. The molecule has 2 unspecified atom stereocenters. The van der Waals surface area contributed by atoms with Crippen molar-refractivity contribution in [1.82, 2.24) is 0 Å². The standard InChI is InChI=1S/C11H15NO2/c1-8(9-5-3-4-6-9)10(7-12)11(13)14-2/h5,8,10H,3-4,6H2,1-2H3. The van der Waals surface area contributed by atoms with Crippen molar-refractivity contribution in [2.24, 2.45) is 11.8 Å². The first-order valence-corrected chi connectivity index (χ1v) is 4.87. The first kappa shape index (κ1) is 10.8. The van der Waals surface area contributed by atoms with Gasteiger partial charge in [0.05, 0.1) is 13.2 Å². The minimum Gasteiger partial charge on any atom is -0.468 e. The molecule has 1 aliphatic carbocycles. The molecule has 3 nitrogen and oxygen atoms in total. The Morgan fingerprint density at radius 2 is 2.43 bits per heavy atom. The van der Waals surface area contributed by atoms with E-state index in [1.807, 2.05) is 13.0 Å². The van der Waals surface area contributed by atoms with Crippen molar-refractivity contribution in [3.63, 3.8) is 0 Å².